The Labute approximate surface area is 83.6 Å². The standard InChI is InChI=1S/C7H9F2N5O/c1-14-6(11-12-13-14)10-5(15)4-2-7(8,9)3-4/h4H,2-3H2,1H3,(H,10,11,13,15). The lowest BCUT2D eigenvalue weighted by molar-refractivity contribution is -0.145. The van der Waals surface area contributed by atoms with Crippen LogP contribution in [0.1, 0.15) is 12.8 Å². The topological polar surface area (TPSA) is 72.7 Å². The Bertz CT molecular complexity index is 382. The predicted octanol–water partition coefficient (Wildman–Crippen LogP) is 0.194. The Morgan fingerprint density at radius 3 is 2.73 bits per heavy atom. The molecule has 8 heteroatoms. The number of carbonyl (C=O) groups is 1. The molecule has 0 saturated heterocycles. The van der Waals surface area contributed by atoms with Gasteiger partial charge in [-0.1, -0.05) is 5.10 Å². The number of hydrogen-bond donors (Lipinski definition) is 1. The van der Waals surface area contributed by atoms with Crippen molar-refractivity contribution in [3.05, 3.63) is 0 Å². The first-order chi connectivity index (χ1) is 6.98. The van der Waals surface area contributed by atoms with E-state index in [1.54, 1.807) is 7.05 Å². The summed E-state index contributed by atoms with van der Waals surface area (Å²) in [6.45, 7) is 0. The van der Waals surface area contributed by atoms with Crippen molar-refractivity contribution in [2.45, 2.75) is 18.8 Å². The predicted molar refractivity (Wildman–Crippen MR) is 45.1 cm³/mol. The summed E-state index contributed by atoms with van der Waals surface area (Å²) in [5.74, 6) is -3.63. The summed E-state index contributed by atoms with van der Waals surface area (Å²) in [6.07, 6.45) is -0.797. The summed E-state index contributed by atoms with van der Waals surface area (Å²) in [7, 11) is 1.55. The molecule has 0 aliphatic heterocycles. The van der Waals surface area contributed by atoms with Crippen LogP contribution in [0.5, 0.6) is 0 Å². The molecule has 1 aliphatic carbocycles. The van der Waals surface area contributed by atoms with Crippen LogP contribution in [0, 0.1) is 5.92 Å². The lowest BCUT2D eigenvalue weighted by atomic mass is 9.81. The molecule has 1 amide bonds. The van der Waals surface area contributed by atoms with Gasteiger partial charge in [0.05, 0.1) is 0 Å². The zero-order valence-corrected chi connectivity index (χ0v) is 7.94. The zero-order chi connectivity index (χ0) is 11.1. The number of alkyl halides is 2. The Morgan fingerprint density at radius 2 is 2.27 bits per heavy atom. The van der Waals surface area contributed by atoms with Gasteiger partial charge in [0.1, 0.15) is 0 Å². The fourth-order valence-corrected chi connectivity index (χ4v) is 1.39. The second-order valence-electron chi connectivity index (χ2n) is 3.58. The van der Waals surface area contributed by atoms with Crippen LogP contribution in [0.4, 0.5) is 14.7 Å². The summed E-state index contributed by atoms with van der Waals surface area (Å²) in [5.41, 5.74) is 0. The maximum Gasteiger partial charge on any atom is 0.249 e. The zero-order valence-electron chi connectivity index (χ0n) is 7.94. The summed E-state index contributed by atoms with van der Waals surface area (Å²) < 4.78 is 26.2. The maximum absolute atomic E-state index is 12.5. The lowest BCUT2D eigenvalue weighted by Gasteiger charge is -2.33. The van der Waals surface area contributed by atoms with Crippen molar-refractivity contribution in [1.29, 1.82) is 0 Å². The highest BCUT2D eigenvalue weighted by Crippen LogP contribution is 2.42. The molecule has 1 fully saturated rings. The molecule has 2 rings (SSSR count). The van der Waals surface area contributed by atoms with E-state index in [9.17, 15) is 13.6 Å². The molecular weight excluding hydrogens is 208 g/mol. The van der Waals surface area contributed by atoms with Crippen LogP contribution in [0.3, 0.4) is 0 Å². The van der Waals surface area contributed by atoms with Crippen LogP contribution < -0.4 is 5.32 Å². The van der Waals surface area contributed by atoms with E-state index >= 15 is 0 Å². The number of tetrazole rings is 1. The summed E-state index contributed by atoms with van der Waals surface area (Å²) >= 11 is 0. The average Bonchev–Trinajstić information content (AvgIpc) is 2.47. The number of carbonyl (C=O) groups excluding carboxylic acids is 1. The number of aryl methyl sites for hydroxylation is 1. The Morgan fingerprint density at radius 1 is 1.60 bits per heavy atom. The van der Waals surface area contributed by atoms with Crippen LogP contribution in [-0.4, -0.2) is 32.0 Å². The smallest absolute Gasteiger partial charge is 0.249 e. The second-order valence-corrected chi connectivity index (χ2v) is 3.58. The minimum absolute atomic E-state index is 0.162. The third-order valence-electron chi connectivity index (χ3n) is 2.32. The summed E-state index contributed by atoms with van der Waals surface area (Å²) in [6, 6.07) is 0. The van der Waals surface area contributed by atoms with Gasteiger partial charge in [-0.05, 0) is 10.4 Å². The SMILES string of the molecule is Cn1nnnc1NC(=O)C1CC(F)(F)C1. The third-order valence-corrected chi connectivity index (χ3v) is 2.32. The van der Waals surface area contributed by atoms with Crippen molar-refractivity contribution in [1.82, 2.24) is 20.2 Å². The molecule has 1 aromatic rings. The van der Waals surface area contributed by atoms with Crippen molar-refractivity contribution < 1.29 is 13.6 Å². The van der Waals surface area contributed by atoms with Crippen LogP contribution in [0.2, 0.25) is 0 Å². The first-order valence-corrected chi connectivity index (χ1v) is 4.39. The van der Waals surface area contributed by atoms with Crippen molar-refractivity contribution in [2.75, 3.05) is 5.32 Å². The molecule has 0 spiro atoms. The van der Waals surface area contributed by atoms with Gasteiger partial charge < -0.3 is 0 Å². The summed E-state index contributed by atoms with van der Waals surface area (Å²) in [4.78, 5) is 11.4. The highest BCUT2D eigenvalue weighted by molar-refractivity contribution is 5.91. The number of halogens is 2. The third kappa shape index (κ3) is 1.92. The van der Waals surface area contributed by atoms with Crippen molar-refractivity contribution in [3.8, 4) is 0 Å². The van der Waals surface area contributed by atoms with Crippen LogP contribution in [0.15, 0.2) is 0 Å². The molecule has 1 aromatic heterocycles. The van der Waals surface area contributed by atoms with Gasteiger partial charge in [0.15, 0.2) is 0 Å². The highest BCUT2D eigenvalue weighted by atomic mass is 19.3. The van der Waals surface area contributed by atoms with Gasteiger partial charge >= 0.3 is 0 Å². The van der Waals surface area contributed by atoms with E-state index in [4.69, 9.17) is 0 Å². The lowest BCUT2D eigenvalue weighted by Crippen LogP contribution is -2.42. The van der Waals surface area contributed by atoms with Crippen molar-refractivity contribution in [3.63, 3.8) is 0 Å². The molecule has 1 N–H and O–H groups in total. The fraction of sp³-hybridized carbons (Fsp3) is 0.714. The second kappa shape index (κ2) is 3.21. The molecule has 0 unspecified atom stereocenters. The Balaban J connectivity index is 1.92. The molecule has 0 bridgehead atoms. The van der Waals surface area contributed by atoms with Crippen molar-refractivity contribution in [2.24, 2.45) is 13.0 Å². The van der Waals surface area contributed by atoms with Crippen LogP contribution in [-0.2, 0) is 11.8 Å². The van der Waals surface area contributed by atoms with Crippen molar-refractivity contribution >= 4 is 11.9 Å². The van der Waals surface area contributed by atoms with Gasteiger partial charge in [-0.25, -0.2) is 13.5 Å². The van der Waals surface area contributed by atoms with Crippen LogP contribution in [0.25, 0.3) is 0 Å². The molecule has 15 heavy (non-hydrogen) atoms. The molecule has 0 atom stereocenters. The Hall–Kier alpha value is -1.60. The van der Waals surface area contributed by atoms with E-state index in [0.29, 0.717) is 0 Å². The molecule has 82 valence electrons. The molecule has 1 aliphatic rings. The number of rotatable bonds is 2. The van der Waals surface area contributed by atoms with Gasteiger partial charge in [0.25, 0.3) is 0 Å². The molecule has 0 aromatic carbocycles. The average molecular weight is 217 g/mol. The maximum atomic E-state index is 12.5. The van der Waals surface area contributed by atoms with E-state index in [1.165, 1.54) is 4.68 Å². The highest BCUT2D eigenvalue weighted by Gasteiger charge is 2.48. The van der Waals surface area contributed by atoms with Crippen LogP contribution >= 0.6 is 0 Å². The van der Waals surface area contributed by atoms with E-state index < -0.39 is 30.6 Å². The molecule has 6 nitrogen and oxygen atoms in total. The number of nitrogens with zero attached hydrogens (tertiary/aromatic N) is 4. The van der Waals surface area contributed by atoms with E-state index in [1.807, 2.05) is 0 Å². The van der Waals surface area contributed by atoms with E-state index in [-0.39, 0.29) is 5.95 Å². The van der Waals surface area contributed by atoms with E-state index in [0.717, 1.165) is 0 Å². The number of anilines is 1. The number of amides is 1. The number of nitrogens with one attached hydrogen (secondary N) is 1. The quantitative estimate of drug-likeness (QED) is 0.767. The first kappa shape index (κ1) is 9.94. The molecule has 1 saturated carbocycles. The minimum Gasteiger partial charge on any atom is -0.293 e. The van der Waals surface area contributed by atoms with Gasteiger partial charge in [0.2, 0.25) is 17.8 Å². The minimum atomic E-state index is -2.69. The van der Waals surface area contributed by atoms with Gasteiger partial charge in [-0.15, -0.1) is 0 Å². The van der Waals surface area contributed by atoms with E-state index in [2.05, 4.69) is 20.8 Å². The Kier molecular flexibility index (Phi) is 2.13. The molecular formula is C7H9F2N5O. The van der Waals surface area contributed by atoms with Gasteiger partial charge in [0, 0.05) is 25.8 Å². The number of aromatic nitrogens is 4. The molecule has 1 heterocycles. The fourth-order valence-electron chi connectivity index (χ4n) is 1.39. The first-order valence-electron chi connectivity index (χ1n) is 4.39. The molecule has 0 radical (unpaired) electrons. The largest absolute Gasteiger partial charge is 0.293 e. The normalized spacial score (nSPS) is 19.7. The van der Waals surface area contributed by atoms with Gasteiger partial charge in [-0.3, -0.25) is 10.1 Å². The van der Waals surface area contributed by atoms with Gasteiger partial charge in [-0.2, -0.15) is 0 Å². The summed E-state index contributed by atoms with van der Waals surface area (Å²) in [5, 5.41) is 12.7. The monoisotopic (exact) mass is 217 g/mol. The number of hydrogen-bond acceptors (Lipinski definition) is 4.